The van der Waals surface area contributed by atoms with Crippen LogP contribution >= 0.6 is 0 Å². The minimum atomic E-state index is -3.24. The fraction of sp³-hybridized carbons (Fsp3) is 0.611. The molecule has 1 atom stereocenters. The van der Waals surface area contributed by atoms with Gasteiger partial charge in [0, 0.05) is 26.2 Å². The van der Waals surface area contributed by atoms with Crippen molar-refractivity contribution in [1.29, 1.82) is 0 Å². The summed E-state index contributed by atoms with van der Waals surface area (Å²) in [4.78, 5) is 14.7. The van der Waals surface area contributed by atoms with E-state index in [0.717, 1.165) is 38.8 Å². The van der Waals surface area contributed by atoms with Gasteiger partial charge in [0.15, 0.2) is 0 Å². The molecular weight excluding hydrogens is 338 g/mol. The summed E-state index contributed by atoms with van der Waals surface area (Å²) in [5.41, 5.74) is 1.19. The molecular formula is C18H27N3O3S. The number of carbonyl (C=O) groups excluding carboxylic acids is 1. The number of amides is 1. The molecule has 6 nitrogen and oxygen atoms in total. The van der Waals surface area contributed by atoms with E-state index < -0.39 is 10.0 Å². The number of hydrogen-bond donors (Lipinski definition) is 1. The first kappa shape index (κ1) is 18.4. The molecule has 0 unspecified atom stereocenters. The van der Waals surface area contributed by atoms with E-state index in [1.54, 1.807) is 0 Å². The van der Waals surface area contributed by atoms with E-state index in [4.69, 9.17) is 0 Å². The molecule has 2 fully saturated rings. The van der Waals surface area contributed by atoms with Gasteiger partial charge in [-0.25, -0.2) is 12.7 Å². The van der Waals surface area contributed by atoms with Gasteiger partial charge < -0.3 is 5.32 Å². The molecule has 0 bridgehead atoms. The highest BCUT2D eigenvalue weighted by Gasteiger charge is 2.31. The summed E-state index contributed by atoms with van der Waals surface area (Å²) in [6.07, 6.45) is 3.69. The first-order valence-corrected chi connectivity index (χ1v) is 10.7. The molecule has 25 heavy (non-hydrogen) atoms. The maximum Gasteiger partial charge on any atom is 0.237 e. The van der Waals surface area contributed by atoms with Crippen LogP contribution in [0.2, 0.25) is 0 Å². The Morgan fingerprint density at radius 2 is 1.80 bits per heavy atom. The Labute approximate surface area is 150 Å². The van der Waals surface area contributed by atoms with Crippen LogP contribution < -0.4 is 5.32 Å². The van der Waals surface area contributed by atoms with Gasteiger partial charge in [0.05, 0.1) is 11.8 Å². The highest BCUT2D eigenvalue weighted by Crippen LogP contribution is 2.20. The Kier molecular flexibility index (Phi) is 6.09. The zero-order valence-electron chi connectivity index (χ0n) is 14.6. The second-order valence-corrected chi connectivity index (χ2v) is 8.92. The van der Waals surface area contributed by atoms with Crippen molar-refractivity contribution in [1.82, 2.24) is 14.5 Å². The normalized spacial score (nSPS) is 22.3. The third kappa shape index (κ3) is 4.80. The van der Waals surface area contributed by atoms with Gasteiger partial charge in [0.2, 0.25) is 15.9 Å². The Hall–Kier alpha value is -1.44. The first-order chi connectivity index (χ1) is 12.1. The topological polar surface area (TPSA) is 69.7 Å². The molecule has 0 aromatic heterocycles. The minimum absolute atomic E-state index is 0.00978. The number of carbonyl (C=O) groups is 1. The summed E-state index contributed by atoms with van der Waals surface area (Å²) in [7, 11) is -3.24. The van der Waals surface area contributed by atoms with Crippen LogP contribution in [0.5, 0.6) is 0 Å². The first-order valence-electron chi connectivity index (χ1n) is 9.10. The number of likely N-dealkylation sites (tertiary alicyclic amines) is 1. The van der Waals surface area contributed by atoms with Gasteiger partial charge in [-0.05, 0) is 37.8 Å². The Morgan fingerprint density at radius 3 is 2.52 bits per heavy atom. The predicted octanol–water partition coefficient (Wildman–Crippen LogP) is 1.19. The average Bonchev–Trinajstić information content (AvgIpc) is 3.27. The highest BCUT2D eigenvalue weighted by molar-refractivity contribution is 7.89. The Bertz CT molecular complexity index is 672. The van der Waals surface area contributed by atoms with E-state index >= 15 is 0 Å². The fourth-order valence-electron chi connectivity index (χ4n) is 3.65. The molecule has 2 aliphatic rings. The van der Waals surface area contributed by atoms with Crippen molar-refractivity contribution in [3.63, 3.8) is 0 Å². The van der Waals surface area contributed by atoms with Crippen LogP contribution in [-0.2, 0) is 21.4 Å². The molecule has 2 heterocycles. The van der Waals surface area contributed by atoms with Gasteiger partial charge in [-0.15, -0.1) is 0 Å². The smallest absolute Gasteiger partial charge is 0.237 e. The lowest BCUT2D eigenvalue weighted by Crippen LogP contribution is -2.45. The second-order valence-electron chi connectivity index (χ2n) is 6.83. The van der Waals surface area contributed by atoms with Gasteiger partial charge in [-0.3, -0.25) is 9.69 Å². The van der Waals surface area contributed by atoms with Crippen LogP contribution in [-0.4, -0.2) is 61.5 Å². The second kappa shape index (κ2) is 8.29. The van der Waals surface area contributed by atoms with Crippen LogP contribution in [0.1, 0.15) is 31.2 Å². The summed E-state index contributed by atoms with van der Waals surface area (Å²) >= 11 is 0. The van der Waals surface area contributed by atoms with E-state index in [9.17, 15) is 13.2 Å². The molecule has 0 radical (unpaired) electrons. The predicted molar refractivity (Wildman–Crippen MR) is 97.5 cm³/mol. The molecule has 0 aliphatic carbocycles. The number of rotatable bonds is 7. The van der Waals surface area contributed by atoms with Gasteiger partial charge >= 0.3 is 0 Å². The van der Waals surface area contributed by atoms with Crippen LogP contribution in [0.15, 0.2) is 30.3 Å². The lowest BCUT2D eigenvalue weighted by Gasteiger charge is -2.24. The summed E-state index contributed by atoms with van der Waals surface area (Å²) in [5, 5.41) is 2.83. The van der Waals surface area contributed by atoms with Crippen LogP contribution in [0, 0.1) is 0 Å². The zero-order chi connectivity index (χ0) is 17.7. The zero-order valence-corrected chi connectivity index (χ0v) is 15.4. The molecule has 2 aliphatic heterocycles. The summed E-state index contributed by atoms with van der Waals surface area (Å²) in [6, 6.07) is 9.97. The average molecular weight is 365 g/mol. The standard InChI is InChI=1S/C18H27N3O3S/c22-18(19-10-14-25(23,24)21-12-4-5-13-21)17-9-6-11-20(17)15-16-7-2-1-3-8-16/h1-3,7-8,17H,4-6,9-15H2,(H,19,22)/t17-/m0/s1. The van der Waals surface area contributed by atoms with Crippen molar-refractivity contribution in [3.05, 3.63) is 35.9 Å². The third-order valence-electron chi connectivity index (χ3n) is 5.01. The lowest BCUT2D eigenvalue weighted by atomic mass is 10.1. The van der Waals surface area contributed by atoms with Gasteiger partial charge in [0.1, 0.15) is 0 Å². The van der Waals surface area contributed by atoms with Crippen molar-refractivity contribution in [3.8, 4) is 0 Å². The molecule has 1 aromatic rings. The summed E-state index contributed by atoms with van der Waals surface area (Å²) in [6.45, 7) is 3.07. The van der Waals surface area contributed by atoms with E-state index in [-0.39, 0.29) is 24.2 Å². The molecule has 2 saturated heterocycles. The maximum absolute atomic E-state index is 12.5. The molecule has 3 rings (SSSR count). The molecule has 0 saturated carbocycles. The Morgan fingerprint density at radius 1 is 1.08 bits per heavy atom. The van der Waals surface area contributed by atoms with E-state index in [2.05, 4.69) is 22.3 Å². The van der Waals surface area contributed by atoms with Crippen molar-refractivity contribution >= 4 is 15.9 Å². The molecule has 138 valence electrons. The monoisotopic (exact) mass is 365 g/mol. The van der Waals surface area contributed by atoms with Crippen LogP contribution in [0.4, 0.5) is 0 Å². The number of nitrogens with zero attached hydrogens (tertiary/aromatic N) is 2. The highest BCUT2D eigenvalue weighted by atomic mass is 32.2. The Balaban J connectivity index is 1.48. The summed E-state index contributed by atoms with van der Waals surface area (Å²) < 4.78 is 25.9. The fourth-order valence-corrected chi connectivity index (χ4v) is 5.08. The van der Waals surface area contributed by atoms with Gasteiger partial charge in [-0.1, -0.05) is 30.3 Å². The largest absolute Gasteiger partial charge is 0.354 e. The SMILES string of the molecule is O=C(NCCS(=O)(=O)N1CCCC1)[C@@H]1CCCN1Cc1ccccc1. The number of nitrogens with one attached hydrogen (secondary N) is 1. The van der Waals surface area contributed by atoms with Gasteiger partial charge in [-0.2, -0.15) is 0 Å². The van der Waals surface area contributed by atoms with Crippen molar-refractivity contribution in [2.75, 3.05) is 31.9 Å². The quantitative estimate of drug-likeness (QED) is 0.788. The van der Waals surface area contributed by atoms with Crippen molar-refractivity contribution in [2.45, 2.75) is 38.3 Å². The third-order valence-corrected chi connectivity index (χ3v) is 6.88. The van der Waals surface area contributed by atoms with Crippen LogP contribution in [0.25, 0.3) is 0 Å². The molecule has 0 spiro atoms. The number of sulfonamides is 1. The van der Waals surface area contributed by atoms with Crippen molar-refractivity contribution < 1.29 is 13.2 Å². The molecule has 1 aromatic carbocycles. The maximum atomic E-state index is 12.5. The molecule has 7 heteroatoms. The summed E-state index contributed by atoms with van der Waals surface area (Å²) in [5.74, 6) is -0.0607. The van der Waals surface area contributed by atoms with E-state index in [1.165, 1.54) is 9.87 Å². The van der Waals surface area contributed by atoms with Crippen molar-refractivity contribution in [2.24, 2.45) is 0 Å². The molecule has 1 amide bonds. The minimum Gasteiger partial charge on any atom is -0.354 e. The van der Waals surface area contributed by atoms with Crippen LogP contribution in [0.3, 0.4) is 0 Å². The van der Waals surface area contributed by atoms with E-state index in [0.29, 0.717) is 13.1 Å². The van der Waals surface area contributed by atoms with E-state index in [1.807, 2.05) is 18.2 Å². The molecule has 1 N–H and O–H groups in total. The number of hydrogen-bond acceptors (Lipinski definition) is 4. The lowest BCUT2D eigenvalue weighted by molar-refractivity contribution is -0.125. The van der Waals surface area contributed by atoms with Gasteiger partial charge in [0.25, 0.3) is 0 Å². The number of benzene rings is 1.